The third-order valence-corrected chi connectivity index (χ3v) is 3.84. The molecule has 0 aromatic heterocycles. The molecule has 0 N–H and O–H groups in total. The standard InChI is InChI=1S/C20H19NO5/c1-3-15-8-10-17(11-9-15)20(23)14(2)26-19(22)13-12-16-6-4-5-7-18(16)21(24)25/h4-14H,3H2,1-2H3/b13-12+/t14-/m1/s1. The van der Waals surface area contributed by atoms with Gasteiger partial charge in [-0.25, -0.2) is 4.79 Å². The van der Waals surface area contributed by atoms with Crippen molar-refractivity contribution < 1.29 is 19.2 Å². The van der Waals surface area contributed by atoms with Gasteiger partial charge in [-0.1, -0.05) is 43.3 Å². The van der Waals surface area contributed by atoms with Crippen molar-refractivity contribution in [3.8, 4) is 0 Å². The highest BCUT2D eigenvalue weighted by Crippen LogP contribution is 2.19. The summed E-state index contributed by atoms with van der Waals surface area (Å²) >= 11 is 0. The number of nitrogens with zero attached hydrogens (tertiary/aromatic N) is 1. The lowest BCUT2D eigenvalue weighted by Gasteiger charge is -2.11. The average molecular weight is 353 g/mol. The summed E-state index contributed by atoms with van der Waals surface area (Å²) in [5.74, 6) is -1.05. The molecule has 0 saturated heterocycles. The fourth-order valence-corrected chi connectivity index (χ4v) is 2.36. The van der Waals surface area contributed by atoms with E-state index in [0.717, 1.165) is 18.1 Å². The molecule has 0 spiro atoms. The van der Waals surface area contributed by atoms with E-state index in [4.69, 9.17) is 4.74 Å². The van der Waals surface area contributed by atoms with Crippen LogP contribution in [0, 0.1) is 10.1 Å². The van der Waals surface area contributed by atoms with Gasteiger partial charge in [0.2, 0.25) is 5.78 Å². The van der Waals surface area contributed by atoms with Gasteiger partial charge >= 0.3 is 5.97 Å². The molecule has 0 aliphatic heterocycles. The van der Waals surface area contributed by atoms with Crippen LogP contribution < -0.4 is 0 Å². The summed E-state index contributed by atoms with van der Waals surface area (Å²) in [4.78, 5) is 34.6. The van der Waals surface area contributed by atoms with E-state index in [1.54, 1.807) is 24.3 Å². The number of aryl methyl sites for hydroxylation is 1. The molecular formula is C20H19NO5. The SMILES string of the molecule is CCc1ccc(C(=O)[C@@H](C)OC(=O)/C=C/c2ccccc2[N+](=O)[O-])cc1. The van der Waals surface area contributed by atoms with Gasteiger partial charge < -0.3 is 4.74 Å². The Morgan fingerprint density at radius 1 is 1.15 bits per heavy atom. The number of nitro groups is 1. The minimum atomic E-state index is -0.953. The van der Waals surface area contributed by atoms with Crippen molar-refractivity contribution >= 4 is 23.5 Å². The molecule has 0 aliphatic carbocycles. The van der Waals surface area contributed by atoms with E-state index < -0.39 is 17.0 Å². The molecule has 2 rings (SSSR count). The summed E-state index contributed by atoms with van der Waals surface area (Å²) in [6.07, 6.45) is 2.29. The van der Waals surface area contributed by atoms with Gasteiger partial charge in [-0.2, -0.15) is 0 Å². The highest BCUT2D eigenvalue weighted by Gasteiger charge is 2.18. The quantitative estimate of drug-likeness (QED) is 0.247. The Labute approximate surface area is 151 Å². The molecule has 0 radical (unpaired) electrons. The van der Waals surface area contributed by atoms with Crippen LogP contribution in [-0.2, 0) is 16.0 Å². The lowest BCUT2D eigenvalue weighted by atomic mass is 10.0. The Bertz CT molecular complexity index is 840. The van der Waals surface area contributed by atoms with Gasteiger partial charge in [0.25, 0.3) is 5.69 Å². The van der Waals surface area contributed by atoms with Gasteiger partial charge in [0.1, 0.15) is 0 Å². The molecule has 134 valence electrons. The largest absolute Gasteiger partial charge is 0.451 e. The maximum Gasteiger partial charge on any atom is 0.331 e. The van der Waals surface area contributed by atoms with Crippen LogP contribution in [0.5, 0.6) is 0 Å². The molecule has 6 nitrogen and oxygen atoms in total. The van der Waals surface area contributed by atoms with Crippen molar-refractivity contribution in [2.45, 2.75) is 26.4 Å². The van der Waals surface area contributed by atoms with Crippen LogP contribution in [0.4, 0.5) is 5.69 Å². The first-order valence-corrected chi connectivity index (χ1v) is 8.17. The Kier molecular flexibility index (Phi) is 6.38. The molecule has 0 heterocycles. The zero-order valence-electron chi connectivity index (χ0n) is 14.5. The van der Waals surface area contributed by atoms with Crippen molar-refractivity contribution in [3.05, 3.63) is 81.4 Å². The lowest BCUT2D eigenvalue weighted by Crippen LogP contribution is -2.23. The maximum atomic E-state index is 12.3. The summed E-state index contributed by atoms with van der Waals surface area (Å²) < 4.78 is 5.10. The van der Waals surface area contributed by atoms with Crippen molar-refractivity contribution in [2.75, 3.05) is 0 Å². The molecule has 0 saturated carbocycles. The molecule has 6 heteroatoms. The first-order chi connectivity index (χ1) is 12.4. The normalized spacial score (nSPS) is 11.9. The molecule has 1 atom stereocenters. The maximum absolute atomic E-state index is 12.3. The first-order valence-electron chi connectivity index (χ1n) is 8.17. The van der Waals surface area contributed by atoms with Crippen molar-refractivity contribution in [2.24, 2.45) is 0 Å². The van der Waals surface area contributed by atoms with E-state index in [1.165, 1.54) is 25.1 Å². The molecule has 0 aliphatic rings. The van der Waals surface area contributed by atoms with Crippen molar-refractivity contribution in [1.82, 2.24) is 0 Å². The van der Waals surface area contributed by atoms with Gasteiger partial charge in [0.15, 0.2) is 6.10 Å². The highest BCUT2D eigenvalue weighted by atomic mass is 16.6. The van der Waals surface area contributed by atoms with E-state index in [0.29, 0.717) is 5.56 Å². The third kappa shape index (κ3) is 4.86. The predicted molar refractivity (Wildman–Crippen MR) is 97.8 cm³/mol. The van der Waals surface area contributed by atoms with Crippen LogP contribution >= 0.6 is 0 Å². The Hall–Kier alpha value is -3.28. The van der Waals surface area contributed by atoms with Gasteiger partial charge in [0, 0.05) is 17.7 Å². The van der Waals surface area contributed by atoms with Crippen LogP contribution in [0.15, 0.2) is 54.6 Å². The van der Waals surface area contributed by atoms with Crippen molar-refractivity contribution in [3.63, 3.8) is 0 Å². The molecule has 0 fully saturated rings. The van der Waals surface area contributed by atoms with Gasteiger partial charge in [-0.05, 0) is 31.1 Å². The van der Waals surface area contributed by atoms with Crippen LogP contribution in [0.25, 0.3) is 6.08 Å². The monoisotopic (exact) mass is 353 g/mol. The third-order valence-electron chi connectivity index (χ3n) is 3.84. The Morgan fingerprint density at radius 2 is 1.81 bits per heavy atom. The van der Waals surface area contributed by atoms with Gasteiger partial charge in [-0.15, -0.1) is 0 Å². The summed E-state index contributed by atoms with van der Waals surface area (Å²) in [6.45, 7) is 3.51. The number of para-hydroxylation sites is 1. The first kappa shape index (κ1) is 19.1. The zero-order valence-corrected chi connectivity index (χ0v) is 14.5. The number of rotatable bonds is 7. The van der Waals surface area contributed by atoms with E-state index in [9.17, 15) is 19.7 Å². The molecular weight excluding hydrogens is 334 g/mol. The van der Waals surface area contributed by atoms with Crippen LogP contribution in [0.3, 0.4) is 0 Å². The minimum absolute atomic E-state index is 0.114. The number of ketones is 1. The Morgan fingerprint density at radius 3 is 2.42 bits per heavy atom. The number of esters is 1. The minimum Gasteiger partial charge on any atom is -0.451 e. The summed E-state index contributed by atoms with van der Waals surface area (Å²) in [5, 5.41) is 10.9. The highest BCUT2D eigenvalue weighted by molar-refractivity contribution is 6.01. The molecule has 0 unspecified atom stereocenters. The second kappa shape index (κ2) is 8.71. The Balaban J connectivity index is 2.02. The van der Waals surface area contributed by atoms with E-state index in [2.05, 4.69) is 0 Å². The number of hydrogen-bond donors (Lipinski definition) is 0. The number of Topliss-reactive ketones (excluding diaryl/α,β-unsaturated/α-hetero) is 1. The number of ether oxygens (including phenoxy) is 1. The van der Waals surface area contributed by atoms with E-state index in [-0.39, 0.29) is 17.0 Å². The van der Waals surface area contributed by atoms with E-state index in [1.807, 2.05) is 19.1 Å². The van der Waals surface area contributed by atoms with Gasteiger partial charge in [-0.3, -0.25) is 14.9 Å². The second-order valence-corrected chi connectivity index (χ2v) is 5.64. The second-order valence-electron chi connectivity index (χ2n) is 5.64. The molecule has 0 amide bonds. The molecule has 26 heavy (non-hydrogen) atoms. The number of nitro benzene ring substituents is 1. The molecule has 2 aromatic rings. The number of carbonyl (C=O) groups is 2. The van der Waals surface area contributed by atoms with Crippen LogP contribution in [0.2, 0.25) is 0 Å². The number of hydrogen-bond acceptors (Lipinski definition) is 5. The van der Waals surface area contributed by atoms with E-state index >= 15 is 0 Å². The fraction of sp³-hybridized carbons (Fsp3) is 0.200. The summed E-state index contributed by atoms with van der Waals surface area (Å²) in [5.41, 5.74) is 1.74. The molecule has 0 bridgehead atoms. The summed E-state index contributed by atoms with van der Waals surface area (Å²) in [6, 6.07) is 13.2. The van der Waals surface area contributed by atoms with Crippen molar-refractivity contribution in [1.29, 1.82) is 0 Å². The summed E-state index contributed by atoms with van der Waals surface area (Å²) in [7, 11) is 0. The predicted octanol–water partition coefficient (Wildman–Crippen LogP) is 3.99. The van der Waals surface area contributed by atoms with Crippen LogP contribution in [-0.4, -0.2) is 22.8 Å². The lowest BCUT2D eigenvalue weighted by molar-refractivity contribution is -0.385. The zero-order chi connectivity index (χ0) is 19.1. The van der Waals surface area contributed by atoms with Crippen LogP contribution in [0.1, 0.15) is 35.3 Å². The molecule has 2 aromatic carbocycles. The average Bonchev–Trinajstić information content (AvgIpc) is 2.66. The topological polar surface area (TPSA) is 86.5 Å². The number of carbonyl (C=O) groups excluding carboxylic acids is 2. The number of benzene rings is 2. The smallest absolute Gasteiger partial charge is 0.331 e. The fourth-order valence-electron chi connectivity index (χ4n) is 2.36. The van der Waals surface area contributed by atoms with Gasteiger partial charge in [0.05, 0.1) is 10.5 Å².